The van der Waals surface area contributed by atoms with Crippen molar-refractivity contribution in [3.05, 3.63) is 29.8 Å². The average Bonchev–Trinajstić information content (AvgIpc) is 3.44. The van der Waals surface area contributed by atoms with Crippen LogP contribution in [0.5, 0.6) is 11.6 Å². The summed E-state index contributed by atoms with van der Waals surface area (Å²) >= 11 is 0. The number of benzene rings is 1. The summed E-state index contributed by atoms with van der Waals surface area (Å²) in [6.45, 7) is 6.05. The van der Waals surface area contributed by atoms with Crippen LogP contribution in [0.1, 0.15) is 71.3 Å². The predicted molar refractivity (Wildman–Crippen MR) is 149 cm³/mol. The van der Waals surface area contributed by atoms with Crippen LogP contribution >= 0.6 is 0 Å². The second-order valence-corrected chi connectivity index (χ2v) is 12.0. The highest BCUT2D eigenvalue weighted by molar-refractivity contribution is 5.91. The molecule has 2 amide bonds. The van der Waals surface area contributed by atoms with E-state index in [1.807, 2.05) is 32.9 Å². The van der Waals surface area contributed by atoms with Crippen LogP contribution in [0, 0.1) is 11.3 Å². The number of para-hydroxylation sites is 1. The van der Waals surface area contributed by atoms with E-state index in [-0.39, 0.29) is 29.6 Å². The normalized spacial score (nSPS) is 21.2. The molecule has 2 fully saturated rings. The number of alkyl carbamates (subject to hydrolysis) is 1. The molecule has 1 unspecified atom stereocenters. The van der Waals surface area contributed by atoms with Gasteiger partial charge in [0.1, 0.15) is 23.9 Å². The highest BCUT2D eigenvalue weighted by atomic mass is 16.6. The zero-order chi connectivity index (χ0) is 29.0. The van der Waals surface area contributed by atoms with Crippen LogP contribution in [-0.2, 0) is 25.5 Å². The number of carbonyl (C=O) groups excluding carboxylic acids is 3. The van der Waals surface area contributed by atoms with Crippen LogP contribution in [0.15, 0.2) is 24.3 Å². The zero-order valence-corrected chi connectivity index (χ0v) is 23.8. The van der Waals surface area contributed by atoms with Crippen molar-refractivity contribution in [2.75, 3.05) is 13.7 Å². The molecule has 10 nitrogen and oxygen atoms in total. The number of aromatic nitrogens is 1. The molecule has 10 heteroatoms. The Bertz CT molecular complexity index is 1240. The Labute approximate surface area is 235 Å². The van der Waals surface area contributed by atoms with E-state index in [1.54, 1.807) is 12.1 Å². The molecule has 1 aliphatic carbocycles. The largest absolute Gasteiger partial charge is 0.507 e. The van der Waals surface area contributed by atoms with Crippen LogP contribution in [0.3, 0.4) is 0 Å². The smallest absolute Gasteiger partial charge is 0.408 e. The molecule has 1 aromatic carbocycles. The fraction of sp³-hybridized carbons (Fsp3) is 0.600. The lowest BCUT2D eigenvalue weighted by molar-refractivity contribution is -0.152. The molecule has 0 radical (unpaired) electrons. The molecule has 2 aliphatic rings. The number of rotatable bonds is 10. The van der Waals surface area contributed by atoms with Crippen molar-refractivity contribution in [1.29, 1.82) is 0 Å². The van der Waals surface area contributed by atoms with Gasteiger partial charge in [0.15, 0.2) is 0 Å². The van der Waals surface area contributed by atoms with Gasteiger partial charge in [-0.3, -0.25) is 4.79 Å². The third-order valence-electron chi connectivity index (χ3n) is 7.94. The summed E-state index contributed by atoms with van der Waals surface area (Å²) < 4.78 is 10.5. The minimum atomic E-state index is -0.833. The van der Waals surface area contributed by atoms with Crippen LogP contribution in [0.2, 0.25) is 0 Å². The number of nitrogens with zero attached hydrogens (tertiary/aromatic N) is 2. The first-order valence-electron chi connectivity index (χ1n) is 14.2. The number of likely N-dealkylation sites (tertiary alicyclic amines) is 1. The van der Waals surface area contributed by atoms with Gasteiger partial charge in [-0.05, 0) is 62.0 Å². The van der Waals surface area contributed by atoms with Gasteiger partial charge in [-0.15, -0.1) is 0 Å². The van der Waals surface area contributed by atoms with Crippen LogP contribution in [0.25, 0.3) is 10.9 Å². The second kappa shape index (κ2) is 12.3. The van der Waals surface area contributed by atoms with E-state index in [4.69, 9.17) is 9.47 Å². The lowest BCUT2D eigenvalue weighted by Gasteiger charge is -2.34. The highest BCUT2D eigenvalue weighted by Crippen LogP contribution is 2.39. The van der Waals surface area contributed by atoms with Gasteiger partial charge in [-0.25, -0.2) is 14.6 Å². The molecule has 0 spiro atoms. The van der Waals surface area contributed by atoms with Crippen molar-refractivity contribution in [3.8, 4) is 11.6 Å². The summed E-state index contributed by atoms with van der Waals surface area (Å²) in [5.74, 6) is -0.508. The van der Waals surface area contributed by atoms with Gasteiger partial charge in [0.2, 0.25) is 11.8 Å². The Balaban J connectivity index is 1.21. The van der Waals surface area contributed by atoms with Gasteiger partial charge in [-0.1, -0.05) is 45.7 Å². The van der Waals surface area contributed by atoms with E-state index in [0.29, 0.717) is 42.3 Å². The number of esters is 1. The summed E-state index contributed by atoms with van der Waals surface area (Å²) in [6, 6.07) is 5.72. The van der Waals surface area contributed by atoms with Gasteiger partial charge >= 0.3 is 12.1 Å². The monoisotopic (exact) mass is 555 g/mol. The molecule has 0 bridgehead atoms. The van der Waals surface area contributed by atoms with Gasteiger partial charge < -0.3 is 29.9 Å². The zero-order valence-electron chi connectivity index (χ0n) is 23.8. The Morgan fingerprint density at radius 2 is 1.90 bits per heavy atom. The van der Waals surface area contributed by atoms with E-state index in [1.165, 1.54) is 12.0 Å². The van der Waals surface area contributed by atoms with Gasteiger partial charge in [0, 0.05) is 11.9 Å². The standard InChI is InChI=1S/C30H41N3O7/c1-30(2,3)25(27(36)33-16-10-15-22(33)28(37)39-4)32-29(38)40-23-17-18(23)11-6-5-7-13-20-24(34)19-12-8-9-14-21(19)31-26(20)35/h8-9,12,14,18,22-23,25H,5-7,10-11,13,15-17H2,1-4H3,(H,32,38)(H2,31,34,35)/t18-,22+,23?,25-/m1/s1. The number of fused-ring (bicyclic) bond motifs is 1. The predicted octanol–water partition coefficient (Wildman–Crippen LogP) is 4.44. The minimum absolute atomic E-state index is 0.0855. The molecular formula is C30H41N3O7. The molecular weight excluding hydrogens is 514 g/mol. The molecule has 218 valence electrons. The van der Waals surface area contributed by atoms with Gasteiger partial charge in [0.05, 0.1) is 18.2 Å². The number of carbonyl (C=O) groups is 3. The SMILES string of the molecule is COC(=O)[C@@H]1CCCN1C(=O)[C@@H](NC(=O)OC1C[C@H]1CCCCCc1c(O)nc2ccccc2c1O)C(C)(C)C. The molecule has 1 saturated heterocycles. The number of pyridine rings is 1. The van der Waals surface area contributed by atoms with Crippen LogP contribution < -0.4 is 5.32 Å². The number of hydrogen-bond acceptors (Lipinski definition) is 8. The van der Waals surface area contributed by atoms with Crippen molar-refractivity contribution >= 4 is 28.9 Å². The Morgan fingerprint density at radius 1 is 1.15 bits per heavy atom. The quantitative estimate of drug-likeness (QED) is 0.289. The number of methoxy groups -OCH3 is 1. The molecule has 2 heterocycles. The number of unbranched alkanes of at least 4 members (excludes halogenated alkanes) is 2. The summed E-state index contributed by atoms with van der Waals surface area (Å²) in [5, 5.41) is 24.2. The first-order valence-corrected chi connectivity index (χ1v) is 14.2. The van der Waals surface area contributed by atoms with E-state index in [9.17, 15) is 24.6 Å². The molecule has 4 rings (SSSR count). The Morgan fingerprint density at radius 3 is 2.62 bits per heavy atom. The molecule has 1 aliphatic heterocycles. The topological polar surface area (TPSA) is 138 Å². The third kappa shape index (κ3) is 6.77. The number of hydrogen-bond donors (Lipinski definition) is 3. The maximum Gasteiger partial charge on any atom is 0.408 e. The second-order valence-electron chi connectivity index (χ2n) is 12.0. The van der Waals surface area contributed by atoms with Crippen molar-refractivity contribution in [3.63, 3.8) is 0 Å². The fourth-order valence-electron chi connectivity index (χ4n) is 5.52. The molecule has 40 heavy (non-hydrogen) atoms. The molecule has 1 saturated carbocycles. The minimum Gasteiger partial charge on any atom is -0.507 e. The molecule has 1 aromatic heterocycles. The first kappa shape index (κ1) is 29.4. The van der Waals surface area contributed by atoms with Crippen molar-refractivity contribution in [2.45, 2.75) is 90.3 Å². The third-order valence-corrected chi connectivity index (χ3v) is 7.94. The average molecular weight is 556 g/mol. The molecule has 4 atom stereocenters. The van der Waals surface area contributed by atoms with E-state index in [0.717, 1.165) is 32.1 Å². The van der Waals surface area contributed by atoms with E-state index < -0.39 is 29.6 Å². The van der Waals surface area contributed by atoms with E-state index in [2.05, 4.69) is 10.3 Å². The van der Waals surface area contributed by atoms with Gasteiger partial charge in [-0.2, -0.15) is 0 Å². The maximum atomic E-state index is 13.3. The maximum absolute atomic E-state index is 13.3. The van der Waals surface area contributed by atoms with Crippen molar-refractivity contribution in [1.82, 2.24) is 15.2 Å². The Hall–Kier alpha value is -3.56. The number of ether oxygens (including phenoxy) is 2. The van der Waals surface area contributed by atoms with Gasteiger partial charge in [0.25, 0.3) is 0 Å². The molecule has 3 N–H and O–H groups in total. The lowest BCUT2D eigenvalue weighted by atomic mass is 9.85. The summed E-state index contributed by atoms with van der Waals surface area (Å²) in [4.78, 5) is 43.9. The molecule has 2 aromatic rings. The summed E-state index contributed by atoms with van der Waals surface area (Å²) in [5.41, 5.74) is 0.452. The summed E-state index contributed by atoms with van der Waals surface area (Å²) in [7, 11) is 1.31. The van der Waals surface area contributed by atoms with Crippen molar-refractivity contribution in [2.24, 2.45) is 11.3 Å². The number of aromatic hydroxyl groups is 2. The fourth-order valence-corrected chi connectivity index (χ4v) is 5.52. The first-order chi connectivity index (χ1) is 19.0. The number of nitrogens with one attached hydrogen (secondary N) is 1. The highest BCUT2D eigenvalue weighted by Gasteiger charge is 2.44. The summed E-state index contributed by atoms with van der Waals surface area (Å²) in [6.07, 6.45) is 5.30. The van der Waals surface area contributed by atoms with Crippen molar-refractivity contribution < 1.29 is 34.1 Å². The van der Waals surface area contributed by atoms with Crippen LogP contribution in [-0.4, -0.2) is 69.9 Å². The van der Waals surface area contributed by atoms with E-state index >= 15 is 0 Å². The lowest BCUT2D eigenvalue weighted by Crippen LogP contribution is -2.57. The number of amides is 2. The Kier molecular flexibility index (Phi) is 9.05. The van der Waals surface area contributed by atoms with Crippen LogP contribution in [0.4, 0.5) is 4.79 Å².